The molecule has 5 nitrogen and oxygen atoms in total. The number of amides is 1. The first-order valence-electron chi connectivity index (χ1n) is 10.6. The maximum Gasteiger partial charge on any atom is 0.246 e. The van der Waals surface area contributed by atoms with Crippen molar-refractivity contribution in [2.45, 2.75) is 13.5 Å². The Balaban J connectivity index is 1.26. The Morgan fingerprint density at radius 3 is 2.52 bits per heavy atom. The van der Waals surface area contributed by atoms with Gasteiger partial charge >= 0.3 is 0 Å². The van der Waals surface area contributed by atoms with Gasteiger partial charge in [0.05, 0.1) is 5.69 Å². The van der Waals surface area contributed by atoms with Gasteiger partial charge in [-0.25, -0.2) is 0 Å². The van der Waals surface area contributed by atoms with Crippen LogP contribution in [0, 0.1) is 6.92 Å². The third-order valence-electron chi connectivity index (χ3n) is 5.37. The molecule has 2 aromatic carbocycles. The molecule has 0 bridgehead atoms. The number of hydrogen-bond donors (Lipinski definition) is 0. The number of aryl methyl sites for hydroxylation is 1. The summed E-state index contributed by atoms with van der Waals surface area (Å²) in [6, 6.07) is 22.0. The maximum absolute atomic E-state index is 12.6. The van der Waals surface area contributed by atoms with Crippen LogP contribution in [0.15, 0.2) is 79.0 Å². The summed E-state index contributed by atoms with van der Waals surface area (Å²) in [5.41, 5.74) is 4.34. The van der Waals surface area contributed by atoms with Gasteiger partial charge in [-0.3, -0.25) is 9.78 Å². The molecule has 0 N–H and O–H groups in total. The van der Waals surface area contributed by atoms with E-state index in [0.29, 0.717) is 6.61 Å². The fraction of sp³-hybridized carbons (Fsp3) is 0.231. The predicted octanol–water partition coefficient (Wildman–Crippen LogP) is 4.33. The minimum atomic E-state index is 0.0550. The predicted molar refractivity (Wildman–Crippen MR) is 124 cm³/mol. The van der Waals surface area contributed by atoms with Crippen molar-refractivity contribution in [2.24, 2.45) is 0 Å². The molecule has 31 heavy (non-hydrogen) atoms. The third-order valence-corrected chi connectivity index (χ3v) is 5.37. The number of hydrogen-bond acceptors (Lipinski definition) is 4. The molecule has 1 fully saturated rings. The molecule has 0 spiro atoms. The van der Waals surface area contributed by atoms with Crippen LogP contribution in [0.3, 0.4) is 0 Å². The van der Waals surface area contributed by atoms with Crippen molar-refractivity contribution in [1.29, 1.82) is 0 Å². The second-order valence-corrected chi connectivity index (χ2v) is 7.66. The lowest BCUT2D eigenvalue weighted by Crippen LogP contribution is -2.48. The van der Waals surface area contributed by atoms with Crippen LogP contribution in [0.1, 0.15) is 16.8 Å². The maximum atomic E-state index is 12.6. The first kappa shape index (κ1) is 20.7. The van der Waals surface area contributed by atoms with Crippen LogP contribution < -0.4 is 9.64 Å². The summed E-state index contributed by atoms with van der Waals surface area (Å²) in [6.07, 6.45) is 5.27. The number of carbonyl (C=O) groups excluding carboxylic acids is 1. The van der Waals surface area contributed by atoms with E-state index in [4.69, 9.17) is 4.74 Å². The van der Waals surface area contributed by atoms with Gasteiger partial charge < -0.3 is 14.5 Å². The summed E-state index contributed by atoms with van der Waals surface area (Å²) < 4.78 is 5.76. The molecule has 3 aromatic rings. The number of ether oxygens (including phenoxy) is 1. The van der Waals surface area contributed by atoms with Gasteiger partial charge in [0.2, 0.25) is 5.91 Å². The van der Waals surface area contributed by atoms with E-state index in [0.717, 1.165) is 43.2 Å². The molecule has 5 heteroatoms. The lowest BCUT2D eigenvalue weighted by molar-refractivity contribution is -0.126. The molecular weight excluding hydrogens is 386 g/mol. The number of benzene rings is 2. The number of rotatable bonds is 6. The van der Waals surface area contributed by atoms with Crippen LogP contribution in [0.5, 0.6) is 5.75 Å². The van der Waals surface area contributed by atoms with Crippen LogP contribution in [0.25, 0.3) is 6.08 Å². The van der Waals surface area contributed by atoms with Gasteiger partial charge in [0, 0.05) is 44.1 Å². The molecule has 158 valence electrons. The van der Waals surface area contributed by atoms with Gasteiger partial charge in [-0.15, -0.1) is 0 Å². The van der Waals surface area contributed by atoms with Crippen LogP contribution in [-0.4, -0.2) is 42.0 Å². The van der Waals surface area contributed by atoms with E-state index in [1.807, 2.05) is 53.4 Å². The fourth-order valence-electron chi connectivity index (χ4n) is 3.60. The van der Waals surface area contributed by atoms with Crippen molar-refractivity contribution >= 4 is 17.7 Å². The fourth-order valence-corrected chi connectivity index (χ4v) is 3.60. The van der Waals surface area contributed by atoms with E-state index in [2.05, 4.69) is 41.1 Å². The molecular formula is C26H27N3O2. The number of pyridine rings is 1. The van der Waals surface area contributed by atoms with E-state index in [1.165, 1.54) is 11.3 Å². The molecule has 1 aliphatic heterocycles. The van der Waals surface area contributed by atoms with Crippen LogP contribution in [0.2, 0.25) is 0 Å². The Kier molecular flexibility index (Phi) is 6.62. The minimum Gasteiger partial charge on any atom is -0.487 e. The van der Waals surface area contributed by atoms with Crippen LogP contribution in [0.4, 0.5) is 5.69 Å². The highest BCUT2D eigenvalue weighted by molar-refractivity contribution is 5.92. The third kappa shape index (κ3) is 5.72. The van der Waals surface area contributed by atoms with Crippen LogP contribution >= 0.6 is 0 Å². The largest absolute Gasteiger partial charge is 0.487 e. The van der Waals surface area contributed by atoms with Crippen LogP contribution in [-0.2, 0) is 11.4 Å². The van der Waals surface area contributed by atoms with Gasteiger partial charge in [-0.1, -0.05) is 30.3 Å². The van der Waals surface area contributed by atoms with Crippen molar-refractivity contribution in [3.8, 4) is 5.75 Å². The van der Waals surface area contributed by atoms with E-state index in [9.17, 15) is 4.79 Å². The molecule has 1 aliphatic rings. The zero-order valence-corrected chi connectivity index (χ0v) is 17.8. The number of piperazine rings is 1. The molecule has 1 amide bonds. The van der Waals surface area contributed by atoms with E-state index in [-0.39, 0.29) is 5.91 Å². The second kappa shape index (κ2) is 9.94. The monoisotopic (exact) mass is 413 g/mol. The SMILES string of the molecule is Cc1cccc(N2CCN(C(=O)/C=C/c3ccc(OCc4ccccn4)cc3)CC2)c1. The van der Waals surface area contributed by atoms with Gasteiger partial charge in [0.15, 0.2) is 0 Å². The first-order valence-corrected chi connectivity index (χ1v) is 10.6. The average Bonchev–Trinajstić information content (AvgIpc) is 2.82. The van der Waals surface area contributed by atoms with Gasteiger partial charge in [0.25, 0.3) is 0 Å². The van der Waals surface area contributed by atoms with E-state index in [1.54, 1.807) is 12.3 Å². The van der Waals surface area contributed by atoms with Crippen molar-refractivity contribution < 1.29 is 9.53 Å². The van der Waals surface area contributed by atoms with E-state index >= 15 is 0 Å². The Morgan fingerprint density at radius 2 is 1.81 bits per heavy atom. The Labute approximate surface area is 183 Å². The second-order valence-electron chi connectivity index (χ2n) is 7.66. The summed E-state index contributed by atoms with van der Waals surface area (Å²) in [5.74, 6) is 0.834. The van der Waals surface area contributed by atoms with Gasteiger partial charge in [-0.05, 0) is 60.5 Å². The highest BCUT2D eigenvalue weighted by Gasteiger charge is 2.19. The standard InChI is InChI=1S/C26H27N3O2/c1-21-5-4-7-24(19-21)28-15-17-29(18-16-28)26(30)13-10-22-8-11-25(12-9-22)31-20-23-6-2-3-14-27-23/h2-14,19H,15-18,20H2,1H3/b13-10+. The summed E-state index contributed by atoms with van der Waals surface area (Å²) in [4.78, 5) is 21.1. The Hall–Kier alpha value is -3.60. The molecule has 4 rings (SSSR count). The van der Waals surface area contributed by atoms with Crippen molar-refractivity contribution in [3.63, 3.8) is 0 Å². The highest BCUT2D eigenvalue weighted by atomic mass is 16.5. The van der Waals surface area contributed by atoms with Gasteiger partial charge in [-0.2, -0.15) is 0 Å². The zero-order chi connectivity index (χ0) is 21.5. The molecule has 1 saturated heterocycles. The lowest BCUT2D eigenvalue weighted by Gasteiger charge is -2.35. The molecule has 0 unspecified atom stereocenters. The minimum absolute atomic E-state index is 0.0550. The normalized spacial score (nSPS) is 14.1. The Morgan fingerprint density at radius 1 is 1.00 bits per heavy atom. The van der Waals surface area contributed by atoms with Crippen molar-refractivity contribution in [3.05, 3.63) is 95.8 Å². The Bertz CT molecular complexity index is 1020. The zero-order valence-electron chi connectivity index (χ0n) is 17.8. The molecule has 2 heterocycles. The first-order chi connectivity index (χ1) is 15.2. The molecule has 0 radical (unpaired) electrons. The van der Waals surface area contributed by atoms with Gasteiger partial charge in [0.1, 0.15) is 12.4 Å². The number of carbonyl (C=O) groups is 1. The molecule has 1 aromatic heterocycles. The molecule has 0 saturated carbocycles. The topological polar surface area (TPSA) is 45.7 Å². The smallest absolute Gasteiger partial charge is 0.246 e. The number of nitrogens with zero attached hydrogens (tertiary/aromatic N) is 3. The summed E-state index contributed by atoms with van der Waals surface area (Å²) in [7, 11) is 0. The number of anilines is 1. The summed E-state index contributed by atoms with van der Waals surface area (Å²) in [5, 5.41) is 0. The number of aromatic nitrogens is 1. The molecule has 0 atom stereocenters. The highest BCUT2D eigenvalue weighted by Crippen LogP contribution is 2.18. The summed E-state index contributed by atoms with van der Waals surface area (Å²) >= 11 is 0. The molecule has 0 aliphatic carbocycles. The quantitative estimate of drug-likeness (QED) is 0.564. The van der Waals surface area contributed by atoms with Crippen molar-refractivity contribution in [2.75, 3.05) is 31.1 Å². The lowest BCUT2D eigenvalue weighted by atomic mass is 10.2. The summed E-state index contributed by atoms with van der Waals surface area (Å²) in [6.45, 7) is 5.71. The van der Waals surface area contributed by atoms with E-state index < -0.39 is 0 Å². The average molecular weight is 414 g/mol. The van der Waals surface area contributed by atoms with Crippen molar-refractivity contribution in [1.82, 2.24) is 9.88 Å².